The number of hydrogen-bond donors (Lipinski definition) is 3. The summed E-state index contributed by atoms with van der Waals surface area (Å²) in [5.41, 5.74) is 4.99. The number of nitrogens with one attached hydrogen (secondary N) is 2. The Labute approximate surface area is 99.4 Å². The molecular formula is C9H16N4O3S. The molecule has 0 aliphatic rings. The highest BCUT2D eigenvalue weighted by Gasteiger charge is 2.30. The van der Waals surface area contributed by atoms with Gasteiger partial charge in [-0.15, -0.1) is 0 Å². The molecule has 17 heavy (non-hydrogen) atoms. The van der Waals surface area contributed by atoms with Crippen LogP contribution in [0.1, 0.15) is 13.8 Å². The molecule has 4 N–H and O–H groups in total. The molecule has 1 rings (SSSR count). The summed E-state index contributed by atoms with van der Waals surface area (Å²) in [6, 6.07) is 0. The molecule has 96 valence electrons. The summed E-state index contributed by atoms with van der Waals surface area (Å²) in [4.78, 5) is 17.3. The van der Waals surface area contributed by atoms with E-state index in [1.165, 1.54) is 6.33 Å². The number of nitrogen functional groups attached to an aromatic ring is 1. The van der Waals surface area contributed by atoms with Crippen molar-refractivity contribution in [3.63, 3.8) is 0 Å². The van der Waals surface area contributed by atoms with Crippen LogP contribution >= 0.6 is 0 Å². The van der Waals surface area contributed by atoms with E-state index in [-0.39, 0.29) is 18.1 Å². The number of nitrogens with two attached hydrogens (primary N) is 1. The fraction of sp³-hybridized carbons (Fsp3) is 0.556. The molecule has 0 fully saturated rings. The first kappa shape index (κ1) is 13.5. The molecular weight excluding hydrogens is 244 g/mol. The Morgan fingerprint density at radius 3 is 2.65 bits per heavy atom. The highest BCUT2D eigenvalue weighted by molar-refractivity contribution is 7.92. The van der Waals surface area contributed by atoms with Crippen molar-refractivity contribution in [2.24, 2.45) is 0 Å². The predicted molar refractivity (Wildman–Crippen MR) is 66.7 cm³/mol. The Kier molecular flexibility index (Phi) is 3.46. The monoisotopic (exact) mass is 260 g/mol. The second kappa shape index (κ2) is 4.36. The van der Waals surface area contributed by atoms with Crippen molar-refractivity contribution in [2.45, 2.75) is 18.6 Å². The summed E-state index contributed by atoms with van der Waals surface area (Å²) in [7, 11) is -3.21. The lowest BCUT2D eigenvalue weighted by atomic mass is 10.2. The summed E-state index contributed by atoms with van der Waals surface area (Å²) in [6.45, 7) is 3.28. The van der Waals surface area contributed by atoms with Gasteiger partial charge in [0.05, 0.1) is 11.1 Å². The molecule has 8 heteroatoms. The van der Waals surface area contributed by atoms with Crippen LogP contribution in [0.4, 0.5) is 11.5 Å². The van der Waals surface area contributed by atoms with Gasteiger partial charge in [0.25, 0.3) is 5.56 Å². The number of H-pyrrole nitrogens is 1. The molecule has 1 heterocycles. The van der Waals surface area contributed by atoms with Gasteiger partial charge >= 0.3 is 0 Å². The van der Waals surface area contributed by atoms with E-state index in [1.807, 2.05) is 0 Å². The van der Waals surface area contributed by atoms with Gasteiger partial charge in [-0.1, -0.05) is 0 Å². The largest absolute Gasteiger partial charge is 0.391 e. The van der Waals surface area contributed by atoms with Crippen molar-refractivity contribution in [2.75, 3.05) is 23.9 Å². The Balaban J connectivity index is 2.89. The van der Waals surface area contributed by atoms with Gasteiger partial charge in [-0.25, -0.2) is 13.4 Å². The second-order valence-corrected chi connectivity index (χ2v) is 7.03. The molecule has 0 spiro atoms. The smallest absolute Gasteiger partial charge is 0.276 e. The van der Waals surface area contributed by atoms with Crippen molar-refractivity contribution in [3.8, 4) is 0 Å². The third kappa shape index (κ3) is 2.96. The molecule has 0 bridgehead atoms. The first-order valence-electron chi connectivity index (χ1n) is 4.92. The van der Waals surface area contributed by atoms with Crippen molar-refractivity contribution in [1.29, 1.82) is 0 Å². The molecule has 0 aromatic carbocycles. The number of aromatic nitrogens is 2. The zero-order valence-electron chi connectivity index (χ0n) is 9.94. The first-order valence-corrected chi connectivity index (χ1v) is 6.81. The van der Waals surface area contributed by atoms with Crippen LogP contribution in [0, 0.1) is 0 Å². The maximum absolute atomic E-state index is 11.5. The number of anilines is 2. The quantitative estimate of drug-likeness (QED) is 0.677. The zero-order chi connectivity index (χ0) is 13.3. The van der Waals surface area contributed by atoms with Crippen molar-refractivity contribution >= 4 is 21.3 Å². The summed E-state index contributed by atoms with van der Waals surface area (Å²) in [5.74, 6) is 0.186. The Morgan fingerprint density at radius 2 is 2.12 bits per heavy atom. The normalized spacial score (nSPS) is 12.4. The molecule has 0 saturated carbocycles. The minimum atomic E-state index is -3.21. The molecule has 0 radical (unpaired) electrons. The van der Waals surface area contributed by atoms with E-state index in [0.29, 0.717) is 0 Å². The molecule has 7 nitrogen and oxygen atoms in total. The van der Waals surface area contributed by atoms with E-state index in [2.05, 4.69) is 15.3 Å². The van der Waals surface area contributed by atoms with Gasteiger partial charge in [0.15, 0.2) is 15.7 Å². The van der Waals surface area contributed by atoms with E-state index in [4.69, 9.17) is 5.73 Å². The van der Waals surface area contributed by atoms with Gasteiger partial charge in [-0.05, 0) is 13.8 Å². The Morgan fingerprint density at radius 1 is 1.53 bits per heavy atom. The highest BCUT2D eigenvalue weighted by atomic mass is 32.2. The Bertz CT molecular complexity index is 562. The Hall–Kier alpha value is -1.57. The van der Waals surface area contributed by atoms with Crippen molar-refractivity contribution < 1.29 is 8.42 Å². The van der Waals surface area contributed by atoms with Gasteiger partial charge < -0.3 is 16.0 Å². The average molecular weight is 260 g/mol. The van der Waals surface area contributed by atoms with Gasteiger partial charge in [0.2, 0.25) is 0 Å². The lowest BCUT2D eigenvalue weighted by molar-refractivity contribution is 0.559. The van der Waals surface area contributed by atoms with E-state index >= 15 is 0 Å². The molecule has 0 saturated heterocycles. The van der Waals surface area contributed by atoms with E-state index < -0.39 is 20.1 Å². The molecule has 1 aromatic rings. The van der Waals surface area contributed by atoms with Crippen LogP contribution < -0.4 is 16.6 Å². The van der Waals surface area contributed by atoms with Crippen molar-refractivity contribution in [1.82, 2.24) is 9.97 Å². The van der Waals surface area contributed by atoms with Crippen LogP contribution in [-0.2, 0) is 9.84 Å². The number of nitrogens with zero attached hydrogens (tertiary/aromatic N) is 1. The van der Waals surface area contributed by atoms with Crippen LogP contribution in [0.5, 0.6) is 0 Å². The van der Waals surface area contributed by atoms with Crippen LogP contribution in [0.3, 0.4) is 0 Å². The molecule has 0 atom stereocenters. The van der Waals surface area contributed by atoms with Gasteiger partial charge in [-0.2, -0.15) is 0 Å². The van der Waals surface area contributed by atoms with Gasteiger partial charge in [-0.3, -0.25) is 4.79 Å². The van der Waals surface area contributed by atoms with Crippen LogP contribution in [-0.4, -0.2) is 35.9 Å². The molecule has 0 amide bonds. The zero-order valence-corrected chi connectivity index (χ0v) is 10.8. The van der Waals surface area contributed by atoms with Crippen LogP contribution in [0.25, 0.3) is 0 Å². The summed E-state index contributed by atoms with van der Waals surface area (Å²) in [6.07, 6.45) is 2.36. The van der Waals surface area contributed by atoms with Crippen molar-refractivity contribution in [3.05, 3.63) is 16.7 Å². The van der Waals surface area contributed by atoms with Gasteiger partial charge in [0.1, 0.15) is 5.69 Å². The topological polar surface area (TPSA) is 118 Å². The van der Waals surface area contributed by atoms with E-state index in [1.54, 1.807) is 13.8 Å². The fourth-order valence-electron chi connectivity index (χ4n) is 0.979. The van der Waals surface area contributed by atoms with Gasteiger partial charge in [0, 0.05) is 12.8 Å². The van der Waals surface area contributed by atoms with E-state index in [0.717, 1.165) is 6.26 Å². The second-order valence-electron chi connectivity index (χ2n) is 4.38. The lowest BCUT2D eigenvalue weighted by Crippen LogP contribution is -2.38. The predicted octanol–water partition coefficient (Wildman–Crippen LogP) is -0.413. The number of rotatable bonds is 4. The maximum atomic E-state index is 11.5. The maximum Gasteiger partial charge on any atom is 0.276 e. The van der Waals surface area contributed by atoms with E-state index in [9.17, 15) is 13.2 Å². The highest BCUT2D eigenvalue weighted by Crippen LogP contribution is 2.17. The minimum absolute atomic E-state index is 0.0585. The lowest BCUT2D eigenvalue weighted by Gasteiger charge is -2.23. The summed E-state index contributed by atoms with van der Waals surface area (Å²) >= 11 is 0. The third-order valence-electron chi connectivity index (χ3n) is 2.57. The minimum Gasteiger partial charge on any atom is -0.391 e. The molecule has 0 unspecified atom stereocenters. The summed E-state index contributed by atoms with van der Waals surface area (Å²) in [5, 5.41) is 2.77. The molecule has 0 aliphatic heterocycles. The number of aromatic amines is 1. The average Bonchev–Trinajstić information content (AvgIpc) is 2.18. The first-order chi connectivity index (χ1) is 7.65. The van der Waals surface area contributed by atoms with Crippen LogP contribution in [0.15, 0.2) is 11.1 Å². The summed E-state index contributed by atoms with van der Waals surface area (Å²) < 4.78 is 22.0. The number of sulfone groups is 1. The standard InChI is InChI=1S/C9H16N4O3S/c1-9(2,17(3,15)16)4-11-7-6(10)8(14)13-5-12-7/h5H,4,10H2,1-3H3,(H2,11,12,13,14). The molecule has 0 aliphatic carbocycles. The van der Waals surface area contributed by atoms with Crippen LogP contribution in [0.2, 0.25) is 0 Å². The number of hydrogen-bond acceptors (Lipinski definition) is 6. The fourth-order valence-corrected chi connectivity index (χ4v) is 1.31. The third-order valence-corrected chi connectivity index (χ3v) is 4.73. The molecule has 1 aromatic heterocycles. The SMILES string of the molecule is CC(C)(CNc1nc[nH]c(=O)c1N)S(C)(=O)=O.